The van der Waals surface area contributed by atoms with Gasteiger partial charge >= 0.3 is 0 Å². The molecule has 1 aromatic heterocycles. The Morgan fingerprint density at radius 3 is 2.29 bits per heavy atom. The first-order valence-corrected chi connectivity index (χ1v) is 9.75. The highest BCUT2D eigenvalue weighted by Gasteiger charge is 2.17. The number of benzene rings is 2. The Balaban J connectivity index is 1.63. The molecule has 2 aromatic carbocycles. The highest BCUT2D eigenvalue weighted by atomic mass is 16.1. The van der Waals surface area contributed by atoms with Crippen molar-refractivity contribution in [2.24, 2.45) is 0 Å². The number of rotatable bonds is 8. The molecule has 3 aromatic rings. The van der Waals surface area contributed by atoms with Gasteiger partial charge in [-0.1, -0.05) is 67.6 Å². The van der Waals surface area contributed by atoms with Gasteiger partial charge < -0.3 is 5.32 Å². The fourth-order valence-corrected chi connectivity index (χ4v) is 3.20. The zero-order valence-corrected chi connectivity index (χ0v) is 16.4. The highest BCUT2D eigenvalue weighted by Crippen LogP contribution is 2.19. The molecule has 0 aliphatic carbocycles. The van der Waals surface area contributed by atoms with Crippen LogP contribution in [0.1, 0.15) is 48.3 Å². The molecule has 0 saturated carbocycles. The molecule has 0 radical (unpaired) electrons. The third-order valence-corrected chi connectivity index (χ3v) is 4.85. The van der Waals surface area contributed by atoms with Crippen molar-refractivity contribution in [3.63, 3.8) is 0 Å². The first-order chi connectivity index (χ1) is 13.7. The molecule has 0 aliphatic heterocycles. The van der Waals surface area contributed by atoms with E-state index in [0.29, 0.717) is 0 Å². The SMILES string of the molecule is CCc1ccc([C@@H](C)NC(=O)CN[C@H](c2ccccc2)c2ccccn2)cc1. The monoisotopic (exact) mass is 373 g/mol. The molecule has 0 fully saturated rings. The first kappa shape index (κ1) is 19.8. The maximum Gasteiger partial charge on any atom is 0.234 e. The van der Waals surface area contributed by atoms with Gasteiger partial charge in [0.05, 0.1) is 24.3 Å². The number of nitrogens with zero attached hydrogens (tertiary/aromatic N) is 1. The first-order valence-electron chi connectivity index (χ1n) is 9.75. The number of hydrogen-bond donors (Lipinski definition) is 2. The van der Waals surface area contributed by atoms with E-state index in [0.717, 1.165) is 23.2 Å². The van der Waals surface area contributed by atoms with Crippen LogP contribution in [0, 0.1) is 0 Å². The van der Waals surface area contributed by atoms with Crippen molar-refractivity contribution in [2.75, 3.05) is 6.54 Å². The average Bonchev–Trinajstić information content (AvgIpc) is 2.75. The number of amides is 1. The van der Waals surface area contributed by atoms with Crippen LogP contribution in [-0.4, -0.2) is 17.4 Å². The van der Waals surface area contributed by atoms with E-state index in [1.54, 1.807) is 6.20 Å². The van der Waals surface area contributed by atoms with Crippen molar-refractivity contribution in [3.8, 4) is 0 Å². The molecule has 0 unspecified atom stereocenters. The van der Waals surface area contributed by atoms with Gasteiger partial charge in [0.15, 0.2) is 0 Å². The molecule has 0 bridgehead atoms. The van der Waals surface area contributed by atoms with Gasteiger partial charge in [-0.2, -0.15) is 0 Å². The Bertz CT molecular complexity index is 824. The second-order valence-electron chi connectivity index (χ2n) is 6.86. The van der Waals surface area contributed by atoms with Gasteiger partial charge in [-0.15, -0.1) is 0 Å². The molecule has 0 spiro atoms. The summed E-state index contributed by atoms with van der Waals surface area (Å²) in [6.07, 6.45) is 2.79. The third kappa shape index (κ3) is 5.27. The lowest BCUT2D eigenvalue weighted by Gasteiger charge is -2.20. The summed E-state index contributed by atoms with van der Waals surface area (Å²) in [6, 6.07) is 24.1. The lowest BCUT2D eigenvalue weighted by atomic mass is 10.0. The van der Waals surface area contributed by atoms with Gasteiger partial charge in [0.2, 0.25) is 5.91 Å². The smallest absolute Gasteiger partial charge is 0.234 e. The summed E-state index contributed by atoms with van der Waals surface area (Å²) < 4.78 is 0. The molecular formula is C24H27N3O. The summed E-state index contributed by atoms with van der Waals surface area (Å²) in [5, 5.41) is 6.42. The number of aryl methyl sites for hydroxylation is 1. The van der Waals surface area contributed by atoms with Gasteiger partial charge in [0.1, 0.15) is 0 Å². The van der Waals surface area contributed by atoms with E-state index >= 15 is 0 Å². The third-order valence-electron chi connectivity index (χ3n) is 4.85. The van der Waals surface area contributed by atoms with Crippen LogP contribution >= 0.6 is 0 Å². The highest BCUT2D eigenvalue weighted by molar-refractivity contribution is 5.78. The number of carbonyl (C=O) groups is 1. The minimum absolute atomic E-state index is 0.0368. The number of carbonyl (C=O) groups excluding carboxylic acids is 1. The lowest BCUT2D eigenvalue weighted by molar-refractivity contribution is -0.121. The Labute approximate surface area is 167 Å². The summed E-state index contributed by atoms with van der Waals surface area (Å²) in [7, 11) is 0. The van der Waals surface area contributed by atoms with Gasteiger partial charge in [-0.05, 0) is 42.2 Å². The number of hydrogen-bond acceptors (Lipinski definition) is 3. The number of aromatic nitrogens is 1. The summed E-state index contributed by atoms with van der Waals surface area (Å²) in [4.78, 5) is 17.0. The van der Waals surface area contributed by atoms with Gasteiger partial charge in [-0.25, -0.2) is 0 Å². The van der Waals surface area contributed by atoms with Crippen LogP contribution in [-0.2, 0) is 11.2 Å². The molecule has 3 rings (SSSR count). The van der Waals surface area contributed by atoms with Crippen molar-refractivity contribution in [3.05, 3.63) is 101 Å². The van der Waals surface area contributed by atoms with Gasteiger partial charge in [0, 0.05) is 6.20 Å². The average molecular weight is 374 g/mol. The second kappa shape index (κ2) is 9.81. The van der Waals surface area contributed by atoms with Crippen molar-refractivity contribution >= 4 is 5.91 Å². The van der Waals surface area contributed by atoms with E-state index in [4.69, 9.17) is 0 Å². The molecule has 2 atom stereocenters. The standard InChI is InChI=1S/C24H27N3O/c1-3-19-12-14-20(15-13-19)18(2)27-23(28)17-26-24(21-9-5-4-6-10-21)22-11-7-8-16-25-22/h4-16,18,24,26H,3,17H2,1-2H3,(H,27,28)/t18-,24-/m1/s1. The van der Waals surface area contributed by atoms with E-state index in [1.807, 2.05) is 55.5 Å². The molecule has 4 heteroatoms. The van der Waals surface area contributed by atoms with E-state index < -0.39 is 0 Å². The number of pyridine rings is 1. The van der Waals surface area contributed by atoms with Crippen LogP contribution < -0.4 is 10.6 Å². The Hall–Kier alpha value is -2.98. The molecule has 144 valence electrons. The van der Waals surface area contributed by atoms with E-state index in [2.05, 4.69) is 46.8 Å². The molecule has 0 aliphatic rings. The topological polar surface area (TPSA) is 54.0 Å². The van der Waals surface area contributed by atoms with Crippen molar-refractivity contribution in [1.29, 1.82) is 0 Å². The fourth-order valence-electron chi connectivity index (χ4n) is 3.20. The van der Waals surface area contributed by atoms with Crippen molar-refractivity contribution in [1.82, 2.24) is 15.6 Å². The van der Waals surface area contributed by atoms with Gasteiger partial charge in [-0.3, -0.25) is 15.1 Å². The minimum atomic E-state index is -0.132. The Morgan fingerprint density at radius 1 is 0.929 bits per heavy atom. The molecular weight excluding hydrogens is 346 g/mol. The van der Waals surface area contributed by atoms with Crippen LogP contribution in [0.5, 0.6) is 0 Å². The van der Waals surface area contributed by atoms with Crippen molar-refractivity contribution < 1.29 is 4.79 Å². The molecule has 28 heavy (non-hydrogen) atoms. The maximum atomic E-state index is 12.5. The molecule has 1 amide bonds. The fraction of sp³-hybridized carbons (Fsp3) is 0.250. The predicted molar refractivity (Wildman–Crippen MR) is 113 cm³/mol. The molecule has 4 nitrogen and oxygen atoms in total. The summed E-state index contributed by atoms with van der Waals surface area (Å²) in [5.74, 6) is -0.0380. The normalized spacial score (nSPS) is 12.9. The van der Waals surface area contributed by atoms with Crippen LogP contribution in [0.25, 0.3) is 0 Å². The Kier molecular flexibility index (Phi) is 6.93. The minimum Gasteiger partial charge on any atom is -0.348 e. The predicted octanol–water partition coefficient (Wildman–Crippen LogP) is 4.20. The van der Waals surface area contributed by atoms with Crippen molar-refractivity contribution in [2.45, 2.75) is 32.4 Å². The lowest BCUT2D eigenvalue weighted by Crippen LogP contribution is -2.37. The molecule has 0 saturated heterocycles. The zero-order valence-electron chi connectivity index (χ0n) is 16.4. The van der Waals surface area contributed by atoms with E-state index in [1.165, 1.54) is 5.56 Å². The quantitative estimate of drug-likeness (QED) is 0.622. The maximum absolute atomic E-state index is 12.5. The van der Waals surface area contributed by atoms with Gasteiger partial charge in [0.25, 0.3) is 0 Å². The van der Waals surface area contributed by atoms with E-state index in [-0.39, 0.29) is 24.5 Å². The van der Waals surface area contributed by atoms with Crippen LogP contribution in [0.15, 0.2) is 79.0 Å². The molecule has 1 heterocycles. The van der Waals surface area contributed by atoms with Crippen LogP contribution in [0.4, 0.5) is 0 Å². The second-order valence-corrected chi connectivity index (χ2v) is 6.86. The van der Waals surface area contributed by atoms with Crippen LogP contribution in [0.3, 0.4) is 0 Å². The summed E-state index contributed by atoms with van der Waals surface area (Å²) in [5.41, 5.74) is 4.38. The summed E-state index contributed by atoms with van der Waals surface area (Å²) in [6.45, 7) is 4.36. The molecule has 2 N–H and O–H groups in total. The Morgan fingerprint density at radius 2 is 1.64 bits per heavy atom. The summed E-state index contributed by atoms with van der Waals surface area (Å²) >= 11 is 0. The number of nitrogens with one attached hydrogen (secondary N) is 2. The largest absolute Gasteiger partial charge is 0.348 e. The zero-order chi connectivity index (χ0) is 19.8. The van der Waals surface area contributed by atoms with Crippen LogP contribution in [0.2, 0.25) is 0 Å². The van der Waals surface area contributed by atoms with E-state index in [9.17, 15) is 4.79 Å².